The van der Waals surface area contributed by atoms with Crippen molar-refractivity contribution in [3.63, 3.8) is 0 Å². The van der Waals surface area contributed by atoms with Crippen molar-refractivity contribution in [2.45, 2.75) is 26.4 Å². The van der Waals surface area contributed by atoms with Crippen LogP contribution in [0, 0.1) is 0 Å². The van der Waals surface area contributed by atoms with Gasteiger partial charge in [-0.1, -0.05) is 5.10 Å². The summed E-state index contributed by atoms with van der Waals surface area (Å²) >= 11 is 0. The second-order valence-corrected chi connectivity index (χ2v) is 3.79. The van der Waals surface area contributed by atoms with Gasteiger partial charge in [0.15, 0.2) is 0 Å². The fraction of sp³-hybridized carbons (Fsp3) is 0.800. The number of ether oxygens (including phenoxy) is 1. The van der Waals surface area contributed by atoms with Crippen molar-refractivity contribution in [1.29, 1.82) is 0 Å². The minimum absolute atomic E-state index is 0.304. The molecule has 0 aliphatic rings. The lowest BCUT2D eigenvalue weighted by molar-refractivity contribution is 0.202. The zero-order chi connectivity index (χ0) is 12.0. The van der Waals surface area contributed by atoms with Gasteiger partial charge >= 0.3 is 6.01 Å². The van der Waals surface area contributed by atoms with Gasteiger partial charge in [-0.25, -0.2) is 0 Å². The van der Waals surface area contributed by atoms with Crippen molar-refractivity contribution in [1.82, 2.24) is 15.5 Å². The van der Waals surface area contributed by atoms with E-state index in [1.165, 1.54) is 0 Å². The summed E-state index contributed by atoms with van der Waals surface area (Å²) < 4.78 is 10.6. The molecule has 1 N–H and O–H groups in total. The first kappa shape index (κ1) is 12.9. The van der Waals surface area contributed by atoms with Crippen LogP contribution in [-0.2, 0) is 11.3 Å². The molecule has 0 saturated carbocycles. The highest BCUT2D eigenvalue weighted by molar-refractivity contribution is 5.25. The molecule has 0 bridgehead atoms. The average Bonchev–Trinajstić information content (AvgIpc) is 2.67. The van der Waals surface area contributed by atoms with Gasteiger partial charge in [-0.05, 0) is 20.9 Å². The summed E-state index contributed by atoms with van der Waals surface area (Å²) in [5.74, 6) is 0.598. The molecule has 1 rings (SSSR count). The molecule has 0 aliphatic heterocycles. The Bertz CT molecular complexity index is 301. The fourth-order valence-corrected chi connectivity index (χ4v) is 1.35. The molecule has 6 heteroatoms. The van der Waals surface area contributed by atoms with Crippen LogP contribution in [0.1, 0.15) is 19.7 Å². The summed E-state index contributed by atoms with van der Waals surface area (Å²) in [6.45, 7) is 6.13. The van der Waals surface area contributed by atoms with E-state index in [1.54, 1.807) is 7.11 Å². The molecule has 0 radical (unpaired) electrons. The quantitative estimate of drug-likeness (QED) is 0.739. The van der Waals surface area contributed by atoms with E-state index in [1.807, 2.05) is 11.9 Å². The van der Waals surface area contributed by atoms with Crippen LogP contribution in [0.25, 0.3) is 0 Å². The zero-order valence-corrected chi connectivity index (χ0v) is 10.4. The molecule has 0 fully saturated rings. The van der Waals surface area contributed by atoms with Crippen LogP contribution in [-0.4, -0.2) is 43.5 Å². The maximum Gasteiger partial charge on any atom is 0.318 e. The number of hydrogen-bond acceptors (Lipinski definition) is 6. The lowest BCUT2D eigenvalue weighted by atomic mass is 10.3. The Balaban J connectivity index is 2.68. The smallest absolute Gasteiger partial charge is 0.318 e. The molecule has 0 amide bonds. The van der Waals surface area contributed by atoms with E-state index in [4.69, 9.17) is 9.15 Å². The summed E-state index contributed by atoms with van der Waals surface area (Å²) in [4.78, 5) is 2.02. The van der Waals surface area contributed by atoms with Crippen LogP contribution in [0.5, 0.6) is 0 Å². The van der Waals surface area contributed by atoms with E-state index in [9.17, 15) is 0 Å². The van der Waals surface area contributed by atoms with Gasteiger partial charge in [0.05, 0.1) is 13.2 Å². The minimum Gasteiger partial charge on any atom is -0.407 e. The normalized spacial score (nSPS) is 11.1. The van der Waals surface area contributed by atoms with Gasteiger partial charge in [-0.2, -0.15) is 0 Å². The third-order valence-electron chi connectivity index (χ3n) is 2.19. The largest absolute Gasteiger partial charge is 0.407 e. The van der Waals surface area contributed by atoms with E-state index >= 15 is 0 Å². The molecule has 0 spiro atoms. The molecule has 92 valence electrons. The predicted molar refractivity (Wildman–Crippen MR) is 61.4 cm³/mol. The van der Waals surface area contributed by atoms with Crippen molar-refractivity contribution < 1.29 is 9.15 Å². The van der Waals surface area contributed by atoms with Crippen molar-refractivity contribution >= 4 is 6.01 Å². The molecule has 16 heavy (non-hydrogen) atoms. The molecule has 0 aromatic carbocycles. The average molecular weight is 228 g/mol. The van der Waals surface area contributed by atoms with Gasteiger partial charge in [0, 0.05) is 19.7 Å². The van der Waals surface area contributed by atoms with Gasteiger partial charge in [-0.3, -0.25) is 0 Å². The number of nitrogens with one attached hydrogen (secondary N) is 1. The molecular weight excluding hydrogens is 208 g/mol. The van der Waals surface area contributed by atoms with Crippen LogP contribution in [0.3, 0.4) is 0 Å². The predicted octanol–water partition coefficient (Wildman–Crippen LogP) is 0.650. The molecule has 1 aromatic rings. The molecule has 0 aliphatic carbocycles. The highest BCUT2D eigenvalue weighted by atomic mass is 16.5. The molecule has 1 heterocycles. The Kier molecular flexibility index (Phi) is 5.21. The maximum absolute atomic E-state index is 5.53. The number of hydrogen-bond donors (Lipinski definition) is 1. The molecule has 0 saturated heterocycles. The van der Waals surface area contributed by atoms with Crippen LogP contribution in [0.2, 0.25) is 0 Å². The Morgan fingerprint density at radius 1 is 1.44 bits per heavy atom. The number of rotatable bonds is 7. The Labute approximate surface area is 96.0 Å². The van der Waals surface area contributed by atoms with Gasteiger partial charge < -0.3 is 19.4 Å². The molecule has 0 unspecified atom stereocenters. The van der Waals surface area contributed by atoms with Crippen molar-refractivity contribution in [2.75, 3.05) is 32.2 Å². The van der Waals surface area contributed by atoms with E-state index in [0.717, 1.165) is 6.54 Å². The van der Waals surface area contributed by atoms with Crippen LogP contribution >= 0.6 is 0 Å². The fourth-order valence-electron chi connectivity index (χ4n) is 1.35. The molecule has 0 atom stereocenters. The first-order valence-electron chi connectivity index (χ1n) is 5.41. The summed E-state index contributed by atoms with van der Waals surface area (Å²) in [5, 5.41) is 10.9. The third-order valence-corrected chi connectivity index (χ3v) is 2.19. The summed E-state index contributed by atoms with van der Waals surface area (Å²) in [6, 6.07) is 0.857. The number of aromatic nitrogens is 2. The van der Waals surface area contributed by atoms with E-state index in [-0.39, 0.29) is 0 Å². The number of anilines is 1. The Morgan fingerprint density at radius 3 is 2.75 bits per heavy atom. The number of nitrogens with zero attached hydrogens (tertiary/aromatic N) is 3. The molecule has 6 nitrogen and oxygen atoms in total. The third kappa shape index (κ3) is 3.46. The monoisotopic (exact) mass is 228 g/mol. The van der Waals surface area contributed by atoms with Crippen LogP contribution < -0.4 is 10.2 Å². The zero-order valence-electron chi connectivity index (χ0n) is 10.4. The summed E-state index contributed by atoms with van der Waals surface area (Å²) in [6.07, 6.45) is 0. The topological polar surface area (TPSA) is 63.4 Å². The lowest BCUT2D eigenvalue weighted by Gasteiger charge is -2.23. The highest BCUT2D eigenvalue weighted by Gasteiger charge is 2.16. The van der Waals surface area contributed by atoms with Gasteiger partial charge in [-0.15, -0.1) is 5.10 Å². The van der Waals surface area contributed by atoms with E-state index in [2.05, 4.69) is 29.4 Å². The maximum atomic E-state index is 5.53. The van der Waals surface area contributed by atoms with Crippen LogP contribution in [0.4, 0.5) is 6.01 Å². The first-order valence-corrected chi connectivity index (χ1v) is 5.41. The molecular formula is C10H20N4O2. The van der Waals surface area contributed by atoms with Gasteiger partial charge in [0.1, 0.15) is 0 Å². The number of methoxy groups -OCH3 is 1. The Hall–Kier alpha value is -1.14. The van der Waals surface area contributed by atoms with Crippen molar-refractivity contribution in [3.05, 3.63) is 5.89 Å². The van der Waals surface area contributed by atoms with Gasteiger partial charge in [0.25, 0.3) is 0 Å². The summed E-state index contributed by atoms with van der Waals surface area (Å²) in [7, 11) is 3.52. The van der Waals surface area contributed by atoms with E-state index in [0.29, 0.717) is 31.1 Å². The van der Waals surface area contributed by atoms with Crippen molar-refractivity contribution in [2.24, 2.45) is 0 Å². The van der Waals surface area contributed by atoms with Gasteiger partial charge in [0.2, 0.25) is 5.89 Å². The standard InChI is InChI=1S/C10H20N4O2/c1-8(2)14(5-6-15-4)10-13-12-9(16-10)7-11-3/h8,11H,5-7H2,1-4H3. The minimum atomic E-state index is 0.304. The summed E-state index contributed by atoms with van der Waals surface area (Å²) in [5.41, 5.74) is 0. The highest BCUT2D eigenvalue weighted by Crippen LogP contribution is 2.14. The SMILES string of the molecule is CNCc1nnc(N(CCOC)C(C)C)o1. The van der Waals surface area contributed by atoms with Crippen molar-refractivity contribution in [3.8, 4) is 0 Å². The molecule has 1 aromatic heterocycles. The second kappa shape index (κ2) is 6.44. The van der Waals surface area contributed by atoms with E-state index < -0.39 is 0 Å². The van der Waals surface area contributed by atoms with Crippen LogP contribution in [0.15, 0.2) is 4.42 Å². The first-order chi connectivity index (χ1) is 7.69. The Morgan fingerprint density at radius 2 is 2.19 bits per heavy atom. The second-order valence-electron chi connectivity index (χ2n) is 3.79. The lowest BCUT2D eigenvalue weighted by Crippen LogP contribution is -2.34.